The minimum Gasteiger partial charge on any atom is -0.429 e. The first kappa shape index (κ1) is 18.8. The average molecular weight is 399 g/mol. The quantitative estimate of drug-likeness (QED) is 0.489. The molecule has 4 aromatic rings. The van der Waals surface area contributed by atoms with Crippen molar-refractivity contribution in [2.45, 2.75) is 19.8 Å². The van der Waals surface area contributed by atoms with Crippen molar-refractivity contribution in [3.63, 3.8) is 0 Å². The molecule has 4 rings (SSSR count). The Hall–Kier alpha value is -3.55. The molecule has 2 N–H and O–H groups in total. The lowest BCUT2D eigenvalue weighted by atomic mass is 10.0. The normalized spacial score (nSPS) is 11.2. The molecule has 0 aliphatic carbocycles. The number of carbonyl (C=O) groups excluding carboxylic acids is 1. The van der Waals surface area contributed by atoms with Crippen molar-refractivity contribution in [1.82, 2.24) is 9.97 Å². The summed E-state index contributed by atoms with van der Waals surface area (Å²) in [4.78, 5) is 19.1. The molecule has 0 saturated heterocycles. The van der Waals surface area contributed by atoms with E-state index in [0.717, 1.165) is 6.07 Å². The molecule has 2 heterocycles. The summed E-state index contributed by atoms with van der Waals surface area (Å²) in [5, 5.41) is 2.87. The predicted molar refractivity (Wildman–Crippen MR) is 102 cm³/mol. The number of hydrogen-bond donors (Lipinski definition) is 2. The van der Waals surface area contributed by atoms with Crippen LogP contribution < -0.4 is 5.32 Å². The number of oxazole rings is 1. The molecule has 2 aromatic heterocycles. The summed E-state index contributed by atoms with van der Waals surface area (Å²) in [6.45, 7) is 1.70. The molecule has 0 atom stereocenters. The summed E-state index contributed by atoms with van der Waals surface area (Å²) in [5.74, 6) is -1.68. The van der Waals surface area contributed by atoms with Crippen molar-refractivity contribution in [2.24, 2.45) is 0 Å². The second kappa shape index (κ2) is 7.46. The molecule has 1 amide bonds. The van der Waals surface area contributed by atoms with Gasteiger partial charge in [0.25, 0.3) is 0 Å². The van der Waals surface area contributed by atoms with Crippen molar-refractivity contribution in [3.05, 3.63) is 71.4 Å². The lowest BCUT2D eigenvalue weighted by Gasteiger charge is -2.06. The standard InChI is InChI=1S/C21H16F3N3O2/c1-11-10-25-21(29-11)26-18(28)7-6-15-16-8-14(23)9-17(24)20(16)27-19(15)12-2-4-13(22)5-3-12/h2-5,8-10,27H,6-7H2,1H3,(H,25,26,28). The Bertz CT molecular complexity index is 1200. The van der Waals surface area contributed by atoms with E-state index in [9.17, 15) is 18.0 Å². The number of nitrogens with one attached hydrogen (secondary N) is 2. The van der Waals surface area contributed by atoms with E-state index in [1.54, 1.807) is 6.92 Å². The number of nitrogens with zero attached hydrogens (tertiary/aromatic N) is 1. The lowest BCUT2D eigenvalue weighted by Crippen LogP contribution is -2.12. The highest BCUT2D eigenvalue weighted by atomic mass is 19.1. The van der Waals surface area contributed by atoms with Gasteiger partial charge in [-0.3, -0.25) is 10.1 Å². The minimum absolute atomic E-state index is 0.0285. The number of anilines is 1. The van der Waals surface area contributed by atoms with Crippen LogP contribution in [0.15, 0.2) is 47.0 Å². The molecule has 0 radical (unpaired) electrons. The third kappa shape index (κ3) is 3.87. The van der Waals surface area contributed by atoms with E-state index in [4.69, 9.17) is 4.42 Å². The van der Waals surface area contributed by atoms with Gasteiger partial charge in [0.1, 0.15) is 23.2 Å². The number of hydrogen-bond acceptors (Lipinski definition) is 3. The highest BCUT2D eigenvalue weighted by Crippen LogP contribution is 2.33. The summed E-state index contributed by atoms with van der Waals surface area (Å²) < 4.78 is 46.6. The van der Waals surface area contributed by atoms with Gasteiger partial charge >= 0.3 is 6.01 Å². The molecule has 0 fully saturated rings. The number of aromatic amines is 1. The molecule has 0 bridgehead atoms. The molecule has 148 valence electrons. The molecular formula is C21H16F3N3O2. The van der Waals surface area contributed by atoms with Crippen LogP contribution in [0.2, 0.25) is 0 Å². The van der Waals surface area contributed by atoms with E-state index in [2.05, 4.69) is 15.3 Å². The van der Waals surface area contributed by atoms with Crippen molar-refractivity contribution in [2.75, 3.05) is 5.32 Å². The van der Waals surface area contributed by atoms with Gasteiger partial charge in [-0.1, -0.05) is 0 Å². The number of fused-ring (bicyclic) bond motifs is 1. The number of halogens is 3. The Balaban J connectivity index is 1.68. The summed E-state index contributed by atoms with van der Waals surface area (Å²) in [6, 6.07) is 7.71. The molecule has 5 nitrogen and oxygen atoms in total. The molecule has 0 unspecified atom stereocenters. The molecular weight excluding hydrogens is 383 g/mol. The predicted octanol–water partition coefficient (Wildman–Crippen LogP) is 5.12. The maximum atomic E-state index is 14.3. The van der Waals surface area contributed by atoms with Crippen molar-refractivity contribution < 1.29 is 22.4 Å². The first-order valence-electron chi connectivity index (χ1n) is 8.88. The van der Waals surface area contributed by atoms with Gasteiger partial charge in [0.15, 0.2) is 0 Å². The maximum absolute atomic E-state index is 14.3. The fourth-order valence-electron chi connectivity index (χ4n) is 3.23. The smallest absolute Gasteiger partial charge is 0.301 e. The third-order valence-corrected chi connectivity index (χ3v) is 4.53. The zero-order chi connectivity index (χ0) is 20.5. The SMILES string of the molecule is Cc1cnc(NC(=O)CCc2c(-c3ccc(F)cc3)[nH]c3c(F)cc(F)cc23)o1. The summed E-state index contributed by atoms with van der Waals surface area (Å²) in [6.07, 6.45) is 1.70. The van der Waals surface area contributed by atoms with Gasteiger partial charge in [0, 0.05) is 23.6 Å². The van der Waals surface area contributed by atoms with Gasteiger partial charge in [-0.25, -0.2) is 18.2 Å². The maximum Gasteiger partial charge on any atom is 0.301 e. The molecule has 0 aliphatic rings. The number of amides is 1. The molecule has 0 aliphatic heterocycles. The Kier molecular flexibility index (Phi) is 4.84. The van der Waals surface area contributed by atoms with Crippen LogP contribution in [-0.4, -0.2) is 15.9 Å². The highest BCUT2D eigenvalue weighted by molar-refractivity contribution is 5.93. The van der Waals surface area contributed by atoms with Crippen LogP contribution in [0.25, 0.3) is 22.2 Å². The third-order valence-electron chi connectivity index (χ3n) is 4.53. The van der Waals surface area contributed by atoms with Crippen LogP contribution in [0, 0.1) is 24.4 Å². The monoisotopic (exact) mass is 399 g/mol. The summed E-state index contributed by atoms with van der Waals surface area (Å²) in [7, 11) is 0. The first-order chi connectivity index (χ1) is 13.9. The van der Waals surface area contributed by atoms with Crippen molar-refractivity contribution in [1.29, 1.82) is 0 Å². The molecule has 29 heavy (non-hydrogen) atoms. The highest BCUT2D eigenvalue weighted by Gasteiger charge is 2.18. The Labute approximate surface area is 163 Å². The van der Waals surface area contributed by atoms with Crippen LogP contribution in [0.5, 0.6) is 0 Å². The Morgan fingerprint density at radius 1 is 1.14 bits per heavy atom. The van der Waals surface area contributed by atoms with Crippen LogP contribution in [-0.2, 0) is 11.2 Å². The Morgan fingerprint density at radius 2 is 1.90 bits per heavy atom. The largest absolute Gasteiger partial charge is 0.429 e. The second-order valence-corrected chi connectivity index (χ2v) is 6.62. The van der Waals surface area contributed by atoms with E-state index in [1.165, 1.54) is 36.5 Å². The van der Waals surface area contributed by atoms with Gasteiger partial charge in [0.05, 0.1) is 11.7 Å². The number of aryl methyl sites for hydroxylation is 2. The van der Waals surface area contributed by atoms with E-state index < -0.39 is 17.5 Å². The zero-order valence-electron chi connectivity index (χ0n) is 15.4. The molecule has 0 spiro atoms. The summed E-state index contributed by atoms with van der Waals surface area (Å²) in [5.41, 5.74) is 1.79. The van der Waals surface area contributed by atoms with Crippen LogP contribution in [0.3, 0.4) is 0 Å². The molecule has 8 heteroatoms. The first-order valence-corrected chi connectivity index (χ1v) is 8.88. The minimum atomic E-state index is -0.741. The topological polar surface area (TPSA) is 70.9 Å². The number of rotatable bonds is 5. The van der Waals surface area contributed by atoms with Gasteiger partial charge in [-0.15, -0.1) is 0 Å². The molecule has 2 aromatic carbocycles. The van der Waals surface area contributed by atoms with E-state index in [-0.39, 0.29) is 30.3 Å². The van der Waals surface area contributed by atoms with Gasteiger partial charge in [0.2, 0.25) is 5.91 Å². The van der Waals surface area contributed by atoms with Crippen molar-refractivity contribution >= 4 is 22.8 Å². The number of aromatic nitrogens is 2. The van der Waals surface area contributed by atoms with Crippen LogP contribution in [0.1, 0.15) is 17.7 Å². The van der Waals surface area contributed by atoms with Gasteiger partial charge in [-0.05, 0) is 54.8 Å². The Morgan fingerprint density at radius 3 is 2.59 bits per heavy atom. The zero-order valence-corrected chi connectivity index (χ0v) is 15.4. The fraction of sp³-hybridized carbons (Fsp3) is 0.143. The van der Waals surface area contributed by atoms with Crippen LogP contribution >= 0.6 is 0 Å². The second-order valence-electron chi connectivity index (χ2n) is 6.62. The number of benzene rings is 2. The van der Waals surface area contributed by atoms with E-state index in [1.807, 2.05) is 0 Å². The van der Waals surface area contributed by atoms with Gasteiger partial charge < -0.3 is 9.40 Å². The van der Waals surface area contributed by atoms with Crippen LogP contribution in [0.4, 0.5) is 19.2 Å². The molecule has 0 saturated carbocycles. The summed E-state index contributed by atoms with van der Waals surface area (Å²) >= 11 is 0. The number of H-pyrrole nitrogens is 1. The van der Waals surface area contributed by atoms with Crippen molar-refractivity contribution in [3.8, 4) is 11.3 Å². The van der Waals surface area contributed by atoms with Gasteiger partial charge in [-0.2, -0.15) is 0 Å². The average Bonchev–Trinajstić information content (AvgIpc) is 3.24. The van der Waals surface area contributed by atoms with E-state index in [0.29, 0.717) is 28.0 Å². The number of carbonyl (C=O) groups is 1. The van der Waals surface area contributed by atoms with E-state index >= 15 is 0 Å². The lowest BCUT2D eigenvalue weighted by molar-refractivity contribution is -0.116. The fourth-order valence-corrected chi connectivity index (χ4v) is 3.23.